The van der Waals surface area contributed by atoms with Crippen molar-refractivity contribution in [1.82, 2.24) is 19.5 Å². The SMILES string of the molecule is c1ccc(-c2ccc(-c3nc(-c4ccc(-c5ccccc5)cc4)nc(-c4cccc5c4oc4cccc(-c6ccccc6-n6c7ccccc7c7ccccc76)c45)n3)cc2)cc1. The summed E-state index contributed by atoms with van der Waals surface area (Å²) in [4.78, 5) is 15.5. The Morgan fingerprint density at radius 3 is 1.35 bits per heavy atom. The van der Waals surface area contributed by atoms with E-state index >= 15 is 0 Å². The molecule has 0 aliphatic rings. The fraction of sp³-hybridized carbons (Fsp3) is 0. The van der Waals surface area contributed by atoms with E-state index in [0.717, 1.165) is 77.7 Å². The molecular weight excluding hydrogens is 757 g/mol. The number of nitrogens with zero attached hydrogens (tertiary/aromatic N) is 4. The second-order valence-electron chi connectivity index (χ2n) is 15.5. The largest absolute Gasteiger partial charge is 0.455 e. The Bertz CT molecular complexity index is 3450. The Morgan fingerprint density at radius 2 is 0.742 bits per heavy atom. The Kier molecular flexibility index (Phi) is 8.42. The van der Waals surface area contributed by atoms with Gasteiger partial charge in [-0.3, -0.25) is 0 Å². The van der Waals surface area contributed by atoms with E-state index in [1.807, 2.05) is 12.1 Å². The molecule has 0 spiro atoms. The molecule has 0 aliphatic carbocycles. The van der Waals surface area contributed by atoms with E-state index in [2.05, 4.69) is 211 Å². The first-order valence-corrected chi connectivity index (χ1v) is 20.9. The summed E-state index contributed by atoms with van der Waals surface area (Å²) in [5, 5.41) is 4.49. The standard InChI is InChI=1S/C57H36N4O/c1-3-15-37(16-4-1)39-29-33-41(34-30-39)55-58-56(42-35-31-40(32-36-42)38-17-5-2-6-18-38)60-57(59-55)48-24-13-23-47-53-46(22-14-28-52(53)62-54(47)48)45-21-9-12-27-51(45)61-49-25-10-7-19-43(49)44-20-8-11-26-50(44)61/h1-36H. The number of benzene rings is 9. The van der Waals surface area contributed by atoms with Crippen LogP contribution in [-0.4, -0.2) is 19.5 Å². The average molecular weight is 793 g/mol. The highest BCUT2D eigenvalue weighted by Gasteiger charge is 2.22. The first-order chi connectivity index (χ1) is 30.7. The highest BCUT2D eigenvalue weighted by atomic mass is 16.3. The molecule has 0 atom stereocenters. The van der Waals surface area contributed by atoms with Crippen molar-refractivity contribution in [3.05, 3.63) is 218 Å². The third-order valence-electron chi connectivity index (χ3n) is 11.9. The molecule has 12 rings (SSSR count). The number of aromatic nitrogens is 4. The van der Waals surface area contributed by atoms with Crippen molar-refractivity contribution in [2.75, 3.05) is 0 Å². The maximum absolute atomic E-state index is 6.88. The first-order valence-electron chi connectivity index (χ1n) is 20.9. The minimum absolute atomic E-state index is 0.543. The van der Waals surface area contributed by atoms with Gasteiger partial charge in [0.15, 0.2) is 17.5 Å². The van der Waals surface area contributed by atoms with Crippen LogP contribution in [0.4, 0.5) is 0 Å². The van der Waals surface area contributed by atoms with Crippen LogP contribution >= 0.6 is 0 Å². The first kappa shape index (κ1) is 35.5. The zero-order valence-electron chi connectivity index (χ0n) is 33.5. The minimum atomic E-state index is 0.543. The maximum atomic E-state index is 6.88. The van der Waals surface area contributed by atoms with E-state index in [1.165, 1.54) is 21.8 Å². The van der Waals surface area contributed by atoms with E-state index in [-0.39, 0.29) is 0 Å². The fourth-order valence-electron chi connectivity index (χ4n) is 8.97. The molecule has 0 aliphatic heterocycles. The van der Waals surface area contributed by atoms with Crippen LogP contribution in [0.15, 0.2) is 223 Å². The van der Waals surface area contributed by atoms with Crippen molar-refractivity contribution in [2.24, 2.45) is 0 Å². The zero-order chi connectivity index (χ0) is 41.0. The molecule has 0 amide bonds. The predicted octanol–water partition coefficient (Wildman–Crippen LogP) is 14.9. The molecule has 0 bridgehead atoms. The van der Waals surface area contributed by atoms with E-state index in [4.69, 9.17) is 19.4 Å². The Labute approximate surface area is 357 Å². The monoisotopic (exact) mass is 792 g/mol. The van der Waals surface area contributed by atoms with Crippen molar-refractivity contribution in [1.29, 1.82) is 0 Å². The summed E-state index contributed by atoms with van der Waals surface area (Å²) in [5.41, 5.74) is 14.3. The molecule has 3 aromatic heterocycles. The van der Waals surface area contributed by atoms with Crippen LogP contribution in [0.1, 0.15) is 0 Å². The van der Waals surface area contributed by atoms with E-state index in [9.17, 15) is 0 Å². The second-order valence-corrected chi connectivity index (χ2v) is 15.5. The molecule has 5 heteroatoms. The van der Waals surface area contributed by atoms with E-state index in [1.54, 1.807) is 0 Å². The molecule has 0 unspecified atom stereocenters. The minimum Gasteiger partial charge on any atom is -0.455 e. The van der Waals surface area contributed by atoms with Crippen LogP contribution in [0.25, 0.3) is 117 Å². The number of fused-ring (bicyclic) bond motifs is 6. The van der Waals surface area contributed by atoms with Crippen LogP contribution in [-0.2, 0) is 0 Å². The third-order valence-corrected chi connectivity index (χ3v) is 11.9. The van der Waals surface area contributed by atoms with Gasteiger partial charge < -0.3 is 8.98 Å². The lowest BCUT2D eigenvalue weighted by Crippen LogP contribution is -2.00. The number of para-hydroxylation sites is 4. The lowest BCUT2D eigenvalue weighted by molar-refractivity contribution is 0.669. The summed E-state index contributed by atoms with van der Waals surface area (Å²) in [5.74, 6) is 1.72. The van der Waals surface area contributed by atoms with Crippen LogP contribution in [0.3, 0.4) is 0 Å². The Morgan fingerprint density at radius 1 is 0.306 bits per heavy atom. The topological polar surface area (TPSA) is 56.7 Å². The summed E-state index contributed by atoms with van der Waals surface area (Å²) in [7, 11) is 0. The van der Waals surface area contributed by atoms with Gasteiger partial charge in [0.05, 0.1) is 22.3 Å². The highest BCUT2D eigenvalue weighted by Crippen LogP contribution is 2.43. The normalized spacial score (nSPS) is 11.5. The van der Waals surface area contributed by atoms with Gasteiger partial charge in [0.2, 0.25) is 0 Å². The molecule has 0 N–H and O–H groups in total. The Balaban J connectivity index is 1.03. The van der Waals surface area contributed by atoms with Gasteiger partial charge in [-0.1, -0.05) is 188 Å². The quantitative estimate of drug-likeness (QED) is 0.161. The van der Waals surface area contributed by atoms with Gasteiger partial charge in [0, 0.05) is 38.2 Å². The van der Waals surface area contributed by atoms with Crippen molar-refractivity contribution < 1.29 is 4.42 Å². The summed E-state index contributed by atoms with van der Waals surface area (Å²) in [6.45, 7) is 0. The summed E-state index contributed by atoms with van der Waals surface area (Å²) in [6, 6.07) is 76.2. The number of furan rings is 1. The highest BCUT2D eigenvalue weighted by molar-refractivity contribution is 6.16. The smallest absolute Gasteiger partial charge is 0.167 e. The van der Waals surface area contributed by atoms with Crippen LogP contribution in [0.2, 0.25) is 0 Å². The van der Waals surface area contributed by atoms with Gasteiger partial charge in [-0.05, 0) is 58.1 Å². The molecule has 0 radical (unpaired) electrons. The van der Waals surface area contributed by atoms with Crippen molar-refractivity contribution in [3.8, 4) is 73.2 Å². The van der Waals surface area contributed by atoms with Gasteiger partial charge >= 0.3 is 0 Å². The van der Waals surface area contributed by atoms with Gasteiger partial charge in [-0.15, -0.1) is 0 Å². The predicted molar refractivity (Wildman–Crippen MR) is 254 cm³/mol. The average Bonchev–Trinajstić information content (AvgIpc) is 3.91. The van der Waals surface area contributed by atoms with Crippen molar-refractivity contribution in [3.63, 3.8) is 0 Å². The van der Waals surface area contributed by atoms with Gasteiger partial charge in [0.1, 0.15) is 11.2 Å². The van der Waals surface area contributed by atoms with Crippen molar-refractivity contribution >= 4 is 43.7 Å². The Hall–Kier alpha value is -8.41. The number of hydrogen-bond donors (Lipinski definition) is 0. The second kappa shape index (κ2) is 14.7. The molecule has 0 saturated carbocycles. The molecular formula is C57H36N4O. The number of rotatable bonds is 7. The fourth-order valence-corrected chi connectivity index (χ4v) is 8.97. The molecule has 3 heterocycles. The van der Waals surface area contributed by atoms with Crippen LogP contribution < -0.4 is 0 Å². The molecule has 62 heavy (non-hydrogen) atoms. The zero-order valence-corrected chi connectivity index (χ0v) is 33.5. The van der Waals surface area contributed by atoms with Gasteiger partial charge in [0.25, 0.3) is 0 Å². The molecule has 0 saturated heterocycles. The number of hydrogen-bond acceptors (Lipinski definition) is 4. The molecule has 290 valence electrons. The van der Waals surface area contributed by atoms with Crippen LogP contribution in [0.5, 0.6) is 0 Å². The third kappa shape index (κ3) is 5.98. The summed E-state index contributed by atoms with van der Waals surface area (Å²) < 4.78 is 9.27. The molecule has 12 aromatic rings. The molecule has 0 fully saturated rings. The van der Waals surface area contributed by atoms with Gasteiger partial charge in [-0.25, -0.2) is 15.0 Å². The summed E-state index contributed by atoms with van der Waals surface area (Å²) in [6.07, 6.45) is 0. The lowest BCUT2D eigenvalue weighted by atomic mass is 9.97. The van der Waals surface area contributed by atoms with Crippen molar-refractivity contribution in [2.45, 2.75) is 0 Å². The van der Waals surface area contributed by atoms with Crippen LogP contribution in [0, 0.1) is 0 Å². The molecule has 9 aromatic carbocycles. The molecule has 5 nitrogen and oxygen atoms in total. The van der Waals surface area contributed by atoms with Gasteiger partial charge in [-0.2, -0.15) is 0 Å². The maximum Gasteiger partial charge on any atom is 0.167 e. The van der Waals surface area contributed by atoms with E-state index < -0.39 is 0 Å². The lowest BCUT2D eigenvalue weighted by Gasteiger charge is -2.14. The van der Waals surface area contributed by atoms with E-state index in [0.29, 0.717) is 17.5 Å². The summed E-state index contributed by atoms with van der Waals surface area (Å²) >= 11 is 0.